The molecule has 0 aliphatic heterocycles. The van der Waals surface area contributed by atoms with Crippen molar-refractivity contribution in [2.45, 2.75) is 20.8 Å². The molecule has 110 valence electrons. The normalized spacial score (nSPS) is 10.9. The summed E-state index contributed by atoms with van der Waals surface area (Å²) in [5.74, 6) is -0.922. The smallest absolute Gasteiger partial charge is 0.336 e. The van der Waals surface area contributed by atoms with Gasteiger partial charge in [-0.25, -0.2) is 9.78 Å². The van der Waals surface area contributed by atoms with Crippen LogP contribution in [-0.4, -0.2) is 16.1 Å². The maximum absolute atomic E-state index is 11.7. The van der Waals surface area contributed by atoms with E-state index < -0.39 is 5.97 Å². The molecule has 0 spiro atoms. The largest absolute Gasteiger partial charge is 0.478 e. The van der Waals surface area contributed by atoms with Crippen molar-refractivity contribution in [3.63, 3.8) is 0 Å². The predicted molar refractivity (Wildman–Crippen MR) is 88.3 cm³/mol. The standard InChI is InChI=1S/C19H17NO2/c1-11-8-13(3)18-15(19(21)22)10-16(20-17(18)9-11)14-7-5-4-6-12(14)2/h4-10H,1-3H3,(H,21,22). The highest BCUT2D eigenvalue weighted by molar-refractivity contribution is 6.05. The first-order valence-corrected chi connectivity index (χ1v) is 7.18. The number of benzene rings is 2. The zero-order valence-corrected chi connectivity index (χ0v) is 12.8. The Hall–Kier alpha value is -2.68. The average Bonchev–Trinajstić information content (AvgIpc) is 2.46. The Morgan fingerprint density at radius 2 is 1.73 bits per heavy atom. The molecule has 3 nitrogen and oxygen atoms in total. The van der Waals surface area contributed by atoms with Crippen LogP contribution in [-0.2, 0) is 0 Å². The monoisotopic (exact) mass is 291 g/mol. The fourth-order valence-corrected chi connectivity index (χ4v) is 2.92. The van der Waals surface area contributed by atoms with E-state index in [0.717, 1.165) is 33.2 Å². The molecule has 0 amide bonds. The molecule has 3 heteroatoms. The summed E-state index contributed by atoms with van der Waals surface area (Å²) in [6.07, 6.45) is 0. The quantitative estimate of drug-likeness (QED) is 0.755. The molecule has 2 aromatic carbocycles. The Labute approximate surface area is 129 Å². The van der Waals surface area contributed by atoms with Gasteiger partial charge < -0.3 is 5.11 Å². The van der Waals surface area contributed by atoms with Crippen molar-refractivity contribution in [3.05, 3.63) is 64.7 Å². The zero-order chi connectivity index (χ0) is 15.9. The van der Waals surface area contributed by atoms with Gasteiger partial charge in [-0.15, -0.1) is 0 Å². The van der Waals surface area contributed by atoms with Crippen LogP contribution in [0, 0.1) is 20.8 Å². The minimum atomic E-state index is -0.922. The van der Waals surface area contributed by atoms with Crippen molar-refractivity contribution in [1.82, 2.24) is 4.98 Å². The van der Waals surface area contributed by atoms with Gasteiger partial charge in [-0.05, 0) is 49.6 Å². The molecule has 1 N–H and O–H groups in total. The number of hydrogen-bond donors (Lipinski definition) is 1. The van der Waals surface area contributed by atoms with E-state index in [1.807, 2.05) is 57.2 Å². The number of fused-ring (bicyclic) bond motifs is 1. The number of nitrogens with zero attached hydrogens (tertiary/aromatic N) is 1. The molecule has 3 rings (SSSR count). The van der Waals surface area contributed by atoms with E-state index in [2.05, 4.69) is 0 Å². The van der Waals surface area contributed by atoms with Gasteiger partial charge in [0, 0.05) is 10.9 Å². The van der Waals surface area contributed by atoms with Gasteiger partial charge in [0.05, 0.1) is 16.8 Å². The van der Waals surface area contributed by atoms with Crippen LogP contribution in [0.15, 0.2) is 42.5 Å². The predicted octanol–water partition coefficient (Wildman–Crippen LogP) is 4.53. The Bertz CT molecular complexity index is 897. The molecule has 0 unspecified atom stereocenters. The van der Waals surface area contributed by atoms with E-state index in [0.29, 0.717) is 11.3 Å². The first-order chi connectivity index (χ1) is 10.5. The Balaban J connectivity index is 2.40. The van der Waals surface area contributed by atoms with Crippen LogP contribution in [0.25, 0.3) is 22.2 Å². The maximum Gasteiger partial charge on any atom is 0.336 e. The fraction of sp³-hybridized carbons (Fsp3) is 0.158. The summed E-state index contributed by atoms with van der Waals surface area (Å²) in [5.41, 5.74) is 5.80. The number of aromatic carboxylic acids is 1. The van der Waals surface area contributed by atoms with Gasteiger partial charge in [-0.1, -0.05) is 30.3 Å². The van der Waals surface area contributed by atoms with Gasteiger partial charge in [0.15, 0.2) is 0 Å². The van der Waals surface area contributed by atoms with Crippen molar-refractivity contribution in [1.29, 1.82) is 0 Å². The first kappa shape index (κ1) is 14.3. The SMILES string of the molecule is Cc1cc(C)c2c(C(=O)O)cc(-c3ccccc3C)nc2c1. The van der Waals surface area contributed by atoms with Gasteiger partial charge in [0.1, 0.15) is 0 Å². The summed E-state index contributed by atoms with van der Waals surface area (Å²) in [6, 6.07) is 13.5. The molecule has 3 aromatic rings. The van der Waals surface area contributed by atoms with Crippen LogP contribution in [0.1, 0.15) is 27.0 Å². The molecular weight excluding hydrogens is 274 g/mol. The zero-order valence-electron chi connectivity index (χ0n) is 12.8. The van der Waals surface area contributed by atoms with Gasteiger partial charge in [-0.2, -0.15) is 0 Å². The van der Waals surface area contributed by atoms with Gasteiger partial charge in [0.2, 0.25) is 0 Å². The van der Waals surface area contributed by atoms with E-state index in [-0.39, 0.29) is 0 Å². The lowest BCUT2D eigenvalue weighted by Crippen LogP contribution is -2.02. The van der Waals surface area contributed by atoms with E-state index in [9.17, 15) is 9.90 Å². The van der Waals surface area contributed by atoms with Crippen molar-refractivity contribution in [3.8, 4) is 11.3 Å². The second-order valence-electron chi connectivity index (χ2n) is 5.65. The van der Waals surface area contributed by atoms with Gasteiger partial charge in [-0.3, -0.25) is 0 Å². The summed E-state index contributed by atoms with van der Waals surface area (Å²) >= 11 is 0. The molecule has 0 saturated heterocycles. The van der Waals surface area contributed by atoms with Crippen LogP contribution in [0.2, 0.25) is 0 Å². The van der Waals surface area contributed by atoms with E-state index >= 15 is 0 Å². The number of hydrogen-bond acceptors (Lipinski definition) is 2. The molecule has 0 radical (unpaired) electrons. The highest BCUT2D eigenvalue weighted by Gasteiger charge is 2.15. The summed E-state index contributed by atoms with van der Waals surface area (Å²) in [4.78, 5) is 16.4. The third-order valence-corrected chi connectivity index (χ3v) is 3.90. The number of aryl methyl sites for hydroxylation is 3. The fourth-order valence-electron chi connectivity index (χ4n) is 2.92. The highest BCUT2D eigenvalue weighted by Crippen LogP contribution is 2.29. The van der Waals surface area contributed by atoms with Crippen LogP contribution in [0.3, 0.4) is 0 Å². The Kier molecular flexibility index (Phi) is 3.41. The molecule has 0 aliphatic carbocycles. The summed E-state index contributed by atoms with van der Waals surface area (Å²) < 4.78 is 0. The summed E-state index contributed by atoms with van der Waals surface area (Å²) in [6.45, 7) is 5.93. The molecule has 0 bridgehead atoms. The van der Waals surface area contributed by atoms with Crippen molar-refractivity contribution < 1.29 is 9.90 Å². The maximum atomic E-state index is 11.7. The molecule has 0 saturated carbocycles. The number of pyridine rings is 1. The molecule has 0 atom stereocenters. The van der Waals surface area contributed by atoms with E-state index in [4.69, 9.17) is 4.98 Å². The minimum absolute atomic E-state index is 0.306. The second-order valence-corrected chi connectivity index (χ2v) is 5.65. The minimum Gasteiger partial charge on any atom is -0.478 e. The van der Waals surface area contributed by atoms with E-state index in [1.54, 1.807) is 6.07 Å². The number of carboxylic acids is 1. The lowest BCUT2D eigenvalue weighted by Gasteiger charge is -2.11. The third kappa shape index (κ3) is 2.35. The van der Waals surface area contributed by atoms with Gasteiger partial charge in [0.25, 0.3) is 0 Å². The van der Waals surface area contributed by atoms with Gasteiger partial charge >= 0.3 is 5.97 Å². The summed E-state index contributed by atoms with van der Waals surface area (Å²) in [5, 5.41) is 10.3. The van der Waals surface area contributed by atoms with Crippen molar-refractivity contribution in [2.75, 3.05) is 0 Å². The Morgan fingerprint density at radius 3 is 2.41 bits per heavy atom. The average molecular weight is 291 g/mol. The molecule has 1 aromatic heterocycles. The summed E-state index contributed by atoms with van der Waals surface area (Å²) in [7, 11) is 0. The van der Waals surface area contributed by atoms with Crippen LogP contribution in [0.5, 0.6) is 0 Å². The molecule has 0 fully saturated rings. The Morgan fingerprint density at radius 1 is 1.00 bits per heavy atom. The molecule has 22 heavy (non-hydrogen) atoms. The van der Waals surface area contributed by atoms with E-state index in [1.165, 1.54) is 0 Å². The second kappa shape index (κ2) is 5.26. The highest BCUT2D eigenvalue weighted by atomic mass is 16.4. The third-order valence-electron chi connectivity index (χ3n) is 3.90. The molecular formula is C19H17NO2. The van der Waals surface area contributed by atoms with Crippen LogP contribution >= 0.6 is 0 Å². The number of carbonyl (C=O) groups is 1. The number of carboxylic acid groups (broad SMARTS) is 1. The van der Waals surface area contributed by atoms with Crippen LogP contribution in [0.4, 0.5) is 0 Å². The number of rotatable bonds is 2. The first-order valence-electron chi connectivity index (χ1n) is 7.18. The lowest BCUT2D eigenvalue weighted by atomic mass is 9.97. The molecule has 0 aliphatic rings. The number of aromatic nitrogens is 1. The van der Waals surface area contributed by atoms with Crippen LogP contribution < -0.4 is 0 Å². The topological polar surface area (TPSA) is 50.2 Å². The molecule has 1 heterocycles. The van der Waals surface area contributed by atoms with Crippen molar-refractivity contribution in [2.24, 2.45) is 0 Å². The van der Waals surface area contributed by atoms with Crippen molar-refractivity contribution >= 4 is 16.9 Å². The lowest BCUT2D eigenvalue weighted by molar-refractivity contribution is 0.0699.